The molecule has 2 aromatic rings. The van der Waals surface area contributed by atoms with Gasteiger partial charge in [-0.1, -0.05) is 35.9 Å². The third kappa shape index (κ3) is 3.96. The van der Waals surface area contributed by atoms with Crippen molar-refractivity contribution in [3.8, 4) is 0 Å². The number of anilines is 1. The van der Waals surface area contributed by atoms with Gasteiger partial charge in [-0.25, -0.2) is 13.2 Å². The Hall–Kier alpha value is -2.21. The smallest absolute Gasteiger partial charge is 0.252 e. The van der Waals surface area contributed by atoms with E-state index >= 15 is 0 Å². The number of carbonyl (C=O) groups excluding carboxylic acids is 1. The summed E-state index contributed by atoms with van der Waals surface area (Å²) < 4.78 is 39.7. The molecule has 138 valence electrons. The van der Waals surface area contributed by atoms with Gasteiger partial charge in [0.2, 0.25) is 5.91 Å². The Bertz CT molecular complexity index is 807. The Morgan fingerprint density at radius 2 is 1.92 bits per heavy atom. The molecule has 2 aromatic carbocycles. The summed E-state index contributed by atoms with van der Waals surface area (Å²) in [6, 6.07) is 11.2. The Labute approximate surface area is 154 Å². The quantitative estimate of drug-likeness (QED) is 0.821. The summed E-state index contributed by atoms with van der Waals surface area (Å²) in [6.45, 7) is 0. The number of amides is 1. The number of nitrogens with zero attached hydrogens (tertiary/aromatic N) is 1. The van der Waals surface area contributed by atoms with Crippen molar-refractivity contribution >= 4 is 23.2 Å². The van der Waals surface area contributed by atoms with Crippen molar-refractivity contribution in [2.75, 3.05) is 11.9 Å². The number of hydrogen-bond acceptors (Lipinski definition) is 2. The molecule has 1 aliphatic rings. The molecule has 0 heterocycles. The van der Waals surface area contributed by atoms with Crippen LogP contribution in [0.1, 0.15) is 24.4 Å². The van der Waals surface area contributed by atoms with E-state index in [2.05, 4.69) is 5.32 Å². The maximum absolute atomic E-state index is 13.6. The summed E-state index contributed by atoms with van der Waals surface area (Å²) in [6.07, 6.45) is -0.755. The van der Waals surface area contributed by atoms with Crippen molar-refractivity contribution in [1.82, 2.24) is 5.32 Å². The minimum atomic E-state index is -2.73. The number of carbonyl (C=O) groups is 1. The van der Waals surface area contributed by atoms with E-state index in [1.807, 2.05) is 0 Å². The Kier molecular flexibility index (Phi) is 5.14. The monoisotopic (exact) mass is 382 g/mol. The van der Waals surface area contributed by atoms with Crippen molar-refractivity contribution in [1.29, 1.82) is 0 Å². The van der Waals surface area contributed by atoms with E-state index in [4.69, 9.17) is 11.6 Å². The van der Waals surface area contributed by atoms with E-state index in [1.165, 1.54) is 18.2 Å². The predicted molar refractivity (Wildman–Crippen MR) is 95.1 cm³/mol. The summed E-state index contributed by atoms with van der Waals surface area (Å²) in [4.78, 5) is 14.4. The summed E-state index contributed by atoms with van der Waals surface area (Å²) in [5, 5.41) is 3.02. The number of benzene rings is 2. The molecule has 1 amide bonds. The molecule has 0 spiro atoms. The first-order valence-corrected chi connectivity index (χ1v) is 8.56. The second-order valence-electron chi connectivity index (χ2n) is 6.48. The summed E-state index contributed by atoms with van der Waals surface area (Å²) >= 11 is 6.25. The topological polar surface area (TPSA) is 32.3 Å². The fourth-order valence-electron chi connectivity index (χ4n) is 3.11. The molecule has 0 aliphatic heterocycles. The molecule has 7 heteroatoms. The lowest BCUT2D eigenvalue weighted by Gasteiger charge is -2.37. The average molecular weight is 383 g/mol. The number of likely N-dealkylation sites (N-methyl/N-ethyl adjacent to an activating group) is 1. The molecular formula is C19H18ClF3N2O. The van der Waals surface area contributed by atoms with Crippen LogP contribution in [-0.4, -0.2) is 24.9 Å². The number of alkyl halides is 2. The molecule has 26 heavy (non-hydrogen) atoms. The highest BCUT2D eigenvalue weighted by molar-refractivity contribution is 6.31. The third-order valence-electron chi connectivity index (χ3n) is 4.49. The maximum atomic E-state index is 13.6. The van der Waals surface area contributed by atoms with Gasteiger partial charge in [-0.3, -0.25) is 4.79 Å². The van der Waals surface area contributed by atoms with Crippen LogP contribution in [0.15, 0.2) is 48.5 Å². The lowest BCUT2D eigenvalue weighted by Crippen LogP contribution is -2.53. The standard InChI is InChI=1S/C19H18ClF3N2O/c1-25(14-6-4-5-12(21)9-14)17(15-7-2-3-8-16(15)20)18(26)24-13-10-19(22,23)11-13/h2-9,13,17H,10-11H2,1H3,(H,24,26). The van der Waals surface area contributed by atoms with Crippen LogP contribution >= 0.6 is 11.6 Å². The van der Waals surface area contributed by atoms with Gasteiger partial charge in [0, 0.05) is 42.2 Å². The van der Waals surface area contributed by atoms with Crippen LogP contribution in [0.2, 0.25) is 5.02 Å². The van der Waals surface area contributed by atoms with Crippen LogP contribution in [0, 0.1) is 5.82 Å². The largest absolute Gasteiger partial charge is 0.359 e. The summed E-state index contributed by atoms with van der Waals surface area (Å²) in [5.74, 6) is -3.62. The molecule has 0 radical (unpaired) electrons. The van der Waals surface area contributed by atoms with Gasteiger partial charge in [0.1, 0.15) is 11.9 Å². The molecule has 1 atom stereocenters. The van der Waals surface area contributed by atoms with Gasteiger partial charge >= 0.3 is 0 Å². The van der Waals surface area contributed by atoms with Crippen molar-refractivity contribution < 1.29 is 18.0 Å². The molecule has 1 saturated carbocycles. The second-order valence-corrected chi connectivity index (χ2v) is 6.89. The zero-order chi connectivity index (χ0) is 18.9. The molecule has 3 rings (SSSR count). The van der Waals surface area contributed by atoms with Crippen molar-refractivity contribution in [2.45, 2.75) is 30.8 Å². The summed E-state index contributed by atoms with van der Waals surface area (Å²) in [5.41, 5.74) is 0.994. The first kappa shape index (κ1) is 18.6. The molecule has 0 saturated heterocycles. The first-order valence-electron chi connectivity index (χ1n) is 8.18. The highest BCUT2D eigenvalue weighted by Crippen LogP contribution is 2.38. The lowest BCUT2D eigenvalue weighted by molar-refractivity contribution is -0.130. The van der Waals surface area contributed by atoms with Gasteiger partial charge in [-0.15, -0.1) is 0 Å². The number of rotatable bonds is 5. The Balaban J connectivity index is 1.89. The van der Waals surface area contributed by atoms with Crippen LogP contribution in [0.4, 0.5) is 18.9 Å². The van der Waals surface area contributed by atoms with Crippen LogP contribution in [0.3, 0.4) is 0 Å². The fraction of sp³-hybridized carbons (Fsp3) is 0.316. The Morgan fingerprint density at radius 3 is 2.54 bits per heavy atom. The van der Waals surface area contributed by atoms with Gasteiger partial charge < -0.3 is 10.2 Å². The van der Waals surface area contributed by atoms with Crippen LogP contribution in [0.5, 0.6) is 0 Å². The number of nitrogens with one attached hydrogen (secondary N) is 1. The van der Waals surface area contributed by atoms with E-state index in [-0.39, 0.29) is 12.8 Å². The average Bonchev–Trinajstić information content (AvgIpc) is 2.55. The second kappa shape index (κ2) is 7.19. The molecule has 1 fully saturated rings. The molecule has 1 unspecified atom stereocenters. The van der Waals surface area contributed by atoms with Gasteiger partial charge in [-0.2, -0.15) is 0 Å². The normalized spacial score (nSPS) is 17.3. The molecule has 1 N–H and O–H groups in total. The molecular weight excluding hydrogens is 365 g/mol. The van der Waals surface area contributed by atoms with E-state index in [1.54, 1.807) is 42.3 Å². The minimum Gasteiger partial charge on any atom is -0.359 e. The SMILES string of the molecule is CN(c1cccc(F)c1)C(C(=O)NC1CC(F)(F)C1)c1ccccc1Cl. The molecule has 0 bridgehead atoms. The number of hydrogen-bond donors (Lipinski definition) is 1. The molecule has 0 aromatic heterocycles. The Morgan fingerprint density at radius 1 is 1.23 bits per heavy atom. The van der Waals surface area contributed by atoms with Gasteiger partial charge in [-0.05, 0) is 24.3 Å². The zero-order valence-electron chi connectivity index (χ0n) is 14.1. The maximum Gasteiger partial charge on any atom is 0.252 e. The van der Waals surface area contributed by atoms with Crippen LogP contribution in [-0.2, 0) is 4.79 Å². The molecule has 1 aliphatic carbocycles. The molecule has 3 nitrogen and oxygen atoms in total. The first-order chi connectivity index (χ1) is 12.3. The van der Waals surface area contributed by atoms with Crippen LogP contribution in [0.25, 0.3) is 0 Å². The van der Waals surface area contributed by atoms with E-state index < -0.39 is 29.7 Å². The van der Waals surface area contributed by atoms with Crippen LogP contribution < -0.4 is 10.2 Å². The highest BCUT2D eigenvalue weighted by atomic mass is 35.5. The number of halogens is 4. The van der Waals surface area contributed by atoms with E-state index in [0.717, 1.165) is 0 Å². The lowest BCUT2D eigenvalue weighted by atomic mass is 9.88. The highest BCUT2D eigenvalue weighted by Gasteiger charge is 2.46. The minimum absolute atomic E-state index is 0.370. The van der Waals surface area contributed by atoms with Crippen molar-refractivity contribution in [3.05, 3.63) is 64.9 Å². The predicted octanol–water partition coefficient (Wildman–Crippen LogP) is 4.57. The van der Waals surface area contributed by atoms with Gasteiger partial charge in [0.25, 0.3) is 5.92 Å². The van der Waals surface area contributed by atoms with E-state index in [9.17, 15) is 18.0 Å². The third-order valence-corrected chi connectivity index (χ3v) is 4.83. The van der Waals surface area contributed by atoms with Crippen molar-refractivity contribution in [3.63, 3.8) is 0 Å². The van der Waals surface area contributed by atoms with Crippen molar-refractivity contribution in [2.24, 2.45) is 0 Å². The van der Waals surface area contributed by atoms with E-state index in [0.29, 0.717) is 16.3 Å². The fourth-order valence-corrected chi connectivity index (χ4v) is 3.35. The van der Waals surface area contributed by atoms with Gasteiger partial charge in [0.15, 0.2) is 0 Å². The zero-order valence-corrected chi connectivity index (χ0v) is 14.8. The van der Waals surface area contributed by atoms with Gasteiger partial charge in [0.05, 0.1) is 0 Å². The summed E-state index contributed by atoms with van der Waals surface area (Å²) in [7, 11) is 1.64.